The summed E-state index contributed by atoms with van der Waals surface area (Å²) in [6.45, 7) is 4.44. The van der Waals surface area contributed by atoms with Gasteiger partial charge in [0.25, 0.3) is 0 Å². The van der Waals surface area contributed by atoms with Gasteiger partial charge in [0.05, 0.1) is 44.2 Å². The van der Waals surface area contributed by atoms with Crippen LogP contribution in [0.2, 0.25) is 0 Å². The summed E-state index contributed by atoms with van der Waals surface area (Å²) in [5.74, 6) is -1.18. The summed E-state index contributed by atoms with van der Waals surface area (Å²) in [5.41, 5.74) is 6.93. The lowest BCUT2D eigenvalue weighted by atomic mass is 10.1. The van der Waals surface area contributed by atoms with Crippen LogP contribution in [0.25, 0.3) is 0 Å². The molecular formula is C26H31F2N7O3. The van der Waals surface area contributed by atoms with Crippen molar-refractivity contribution in [2.75, 3.05) is 50.7 Å². The molecule has 38 heavy (non-hydrogen) atoms. The molecular weight excluding hydrogens is 496 g/mol. The standard InChI is InChI=1S/C26H31F2N7O3/c1-4-33(2)9-6-10-38-23-12-20-18(11-22(23)37-3)26(32-17-13-31-34(14-17)15-24(29)36)35(16-30-20)21-8-5-7-19(27)25(21)28/h5,7-8,11-14,30H,4,6,9-10,15-16H2,1-3H3,(H2,29,36). The first kappa shape index (κ1) is 26.9. The maximum absolute atomic E-state index is 14.9. The molecule has 1 aliphatic rings. The van der Waals surface area contributed by atoms with Crippen LogP contribution < -0.4 is 25.4 Å². The fourth-order valence-corrected chi connectivity index (χ4v) is 4.02. The molecule has 0 atom stereocenters. The van der Waals surface area contributed by atoms with Crippen LogP contribution >= 0.6 is 0 Å². The van der Waals surface area contributed by atoms with E-state index in [-0.39, 0.29) is 18.9 Å². The molecule has 3 N–H and O–H groups in total. The van der Waals surface area contributed by atoms with Gasteiger partial charge in [-0.1, -0.05) is 13.0 Å². The van der Waals surface area contributed by atoms with Gasteiger partial charge in [-0.15, -0.1) is 0 Å². The number of benzene rings is 2. The highest BCUT2D eigenvalue weighted by Crippen LogP contribution is 2.38. The predicted molar refractivity (Wildman–Crippen MR) is 141 cm³/mol. The lowest BCUT2D eigenvalue weighted by Gasteiger charge is -2.33. The first-order chi connectivity index (χ1) is 18.3. The Kier molecular flexibility index (Phi) is 8.41. The van der Waals surface area contributed by atoms with Gasteiger partial charge in [-0.3, -0.25) is 9.48 Å². The number of carbonyl (C=O) groups excluding carboxylic acids is 1. The Morgan fingerprint density at radius 3 is 2.84 bits per heavy atom. The number of amides is 1. The number of halogens is 2. The number of nitrogens with one attached hydrogen (secondary N) is 1. The van der Waals surface area contributed by atoms with Gasteiger partial charge in [-0.25, -0.2) is 13.8 Å². The van der Waals surface area contributed by atoms with Crippen LogP contribution in [0.3, 0.4) is 0 Å². The Morgan fingerprint density at radius 1 is 1.29 bits per heavy atom. The number of amidine groups is 1. The summed E-state index contributed by atoms with van der Waals surface area (Å²) >= 11 is 0. The van der Waals surface area contributed by atoms with E-state index < -0.39 is 17.5 Å². The molecule has 202 valence electrons. The molecule has 0 radical (unpaired) electrons. The maximum atomic E-state index is 14.9. The molecule has 1 amide bonds. The largest absolute Gasteiger partial charge is 0.493 e. The Hall–Kier alpha value is -4.19. The zero-order chi connectivity index (χ0) is 27.2. The zero-order valence-corrected chi connectivity index (χ0v) is 21.6. The van der Waals surface area contributed by atoms with Crippen LogP contribution in [0, 0.1) is 11.6 Å². The van der Waals surface area contributed by atoms with Crippen LogP contribution in [0.4, 0.5) is 25.8 Å². The molecule has 0 spiro atoms. The van der Waals surface area contributed by atoms with E-state index >= 15 is 0 Å². The molecule has 0 saturated heterocycles. The number of hydrogen-bond donors (Lipinski definition) is 2. The van der Waals surface area contributed by atoms with Gasteiger partial charge in [-0.2, -0.15) is 5.10 Å². The fraction of sp³-hybridized carbons (Fsp3) is 0.346. The average Bonchev–Trinajstić information content (AvgIpc) is 3.34. The van der Waals surface area contributed by atoms with Gasteiger partial charge in [0.2, 0.25) is 5.91 Å². The third kappa shape index (κ3) is 6.02. The first-order valence-corrected chi connectivity index (χ1v) is 12.2. The highest BCUT2D eigenvalue weighted by atomic mass is 19.2. The minimum Gasteiger partial charge on any atom is -0.493 e. The van der Waals surface area contributed by atoms with Crippen molar-refractivity contribution in [3.8, 4) is 11.5 Å². The molecule has 1 aliphatic heterocycles. The number of rotatable bonds is 11. The number of ether oxygens (including phenoxy) is 2. The van der Waals surface area contributed by atoms with Crippen molar-refractivity contribution in [3.63, 3.8) is 0 Å². The van der Waals surface area contributed by atoms with Crippen molar-refractivity contribution in [1.82, 2.24) is 14.7 Å². The van der Waals surface area contributed by atoms with E-state index in [2.05, 4.69) is 29.3 Å². The summed E-state index contributed by atoms with van der Waals surface area (Å²) in [5, 5.41) is 7.35. The Bertz CT molecular complexity index is 1330. The molecule has 3 aromatic rings. The lowest BCUT2D eigenvalue weighted by Crippen LogP contribution is -2.41. The molecule has 10 nitrogen and oxygen atoms in total. The quantitative estimate of drug-likeness (QED) is 0.368. The molecule has 0 aliphatic carbocycles. The van der Waals surface area contributed by atoms with Gasteiger partial charge in [0, 0.05) is 18.2 Å². The van der Waals surface area contributed by atoms with E-state index in [1.165, 1.54) is 35.0 Å². The number of anilines is 2. The number of methoxy groups -OCH3 is 1. The number of aromatic nitrogens is 2. The van der Waals surface area contributed by atoms with Crippen molar-refractivity contribution in [3.05, 3.63) is 59.9 Å². The molecule has 2 heterocycles. The fourth-order valence-electron chi connectivity index (χ4n) is 4.02. The molecule has 12 heteroatoms. The minimum absolute atomic E-state index is 0.00534. The number of aliphatic imine (C=N–C) groups is 1. The van der Waals surface area contributed by atoms with Gasteiger partial charge in [0.15, 0.2) is 23.1 Å². The van der Waals surface area contributed by atoms with E-state index in [0.29, 0.717) is 40.9 Å². The second kappa shape index (κ2) is 11.9. The summed E-state index contributed by atoms with van der Waals surface area (Å²) in [6.07, 6.45) is 3.84. The van der Waals surface area contributed by atoms with Crippen LogP contribution in [-0.2, 0) is 11.3 Å². The van der Waals surface area contributed by atoms with Gasteiger partial charge in [-0.05, 0) is 38.2 Å². The summed E-state index contributed by atoms with van der Waals surface area (Å²) in [6, 6.07) is 7.51. The van der Waals surface area contributed by atoms with Crippen LogP contribution in [0.1, 0.15) is 18.9 Å². The molecule has 1 aromatic heterocycles. The second-order valence-electron chi connectivity index (χ2n) is 8.78. The van der Waals surface area contributed by atoms with E-state index in [4.69, 9.17) is 20.2 Å². The number of nitrogens with zero attached hydrogens (tertiary/aromatic N) is 5. The summed E-state index contributed by atoms with van der Waals surface area (Å²) < 4.78 is 42.0. The molecule has 4 rings (SSSR count). The SMILES string of the molecule is CCN(C)CCCOc1cc2c(cc1OC)C(=Nc1cnn(CC(N)=O)c1)N(c1cccc(F)c1F)CN2. The van der Waals surface area contributed by atoms with Gasteiger partial charge < -0.3 is 30.3 Å². The number of carbonyl (C=O) groups is 1. The molecule has 2 aromatic carbocycles. The minimum atomic E-state index is -1.00. The number of fused-ring (bicyclic) bond motifs is 1. The van der Waals surface area contributed by atoms with Crippen molar-refractivity contribution < 1.29 is 23.0 Å². The van der Waals surface area contributed by atoms with Gasteiger partial charge in [0.1, 0.15) is 18.1 Å². The Labute approximate surface area is 219 Å². The molecule has 0 saturated carbocycles. The summed E-state index contributed by atoms with van der Waals surface area (Å²) in [4.78, 5) is 19.7. The van der Waals surface area contributed by atoms with E-state index in [9.17, 15) is 13.6 Å². The summed E-state index contributed by atoms with van der Waals surface area (Å²) in [7, 11) is 3.58. The smallest absolute Gasteiger partial charge is 0.239 e. The highest BCUT2D eigenvalue weighted by Gasteiger charge is 2.29. The molecule has 0 fully saturated rings. The Morgan fingerprint density at radius 2 is 2.11 bits per heavy atom. The zero-order valence-electron chi connectivity index (χ0n) is 21.6. The van der Waals surface area contributed by atoms with Crippen molar-refractivity contribution in [2.24, 2.45) is 10.7 Å². The second-order valence-corrected chi connectivity index (χ2v) is 8.78. The Balaban J connectivity index is 1.73. The predicted octanol–water partition coefficient (Wildman–Crippen LogP) is 3.34. The van der Waals surface area contributed by atoms with Crippen molar-refractivity contribution >= 4 is 28.8 Å². The maximum Gasteiger partial charge on any atom is 0.239 e. The number of primary amides is 1. The molecule has 0 bridgehead atoms. The third-order valence-corrected chi connectivity index (χ3v) is 6.10. The highest BCUT2D eigenvalue weighted by molar-refractivity contribution is 6.16. The monoisotopic (exact) mass is 527 g/mol. The normalized spacial score (nSPS) is 13.9. The van der Waals surface area contributed by atoms with Gasteiger partial charge >= 0.3 is 0 Å². The van der Waals surface area contributed by atoms with Crippen LogP contribution in [-0.4, -0.2) is 66.9 Å². The topological polar surface area (TPSA) is 110 Å². The van der Waals surface area contributed by atoms with E-state index in [1.807, 2.05) is 6.07 Å². The van der Waals surface area contributed by atoms with E-state index in [0.717, 1.165) is 25.6 Å². The van der Waals surface area contributed by atoms with Crippen molar-refractivity contribution in [1.29, 1.82) is 0 Å². The first-order valence-electron chi connectivity index (χ1n) is 12.2. The van der Waals surface area contributed by atoms with E-state index in [1.54, 1.807) is 12.3 Å². The van der Waals surface area contributed by atoms with Crippen LogP contribution in [0.5, 0.6) is 11.5 Å². The van der Waals surface area contributed by atoms with Crippen molar-refractivity contribution in [2.45, 2.75) is 19.9 Å². The number of hydrogen-bond acceptors (Lipinski definition) is 7. The third-order valence-electron chi connectivity index (χ3n) is 6.10. The molecule has 0 unspecified atom stereocenters. The average molecular weight is 528 g/mol. The lowest BCUT2D eigenvalue weighted by molar-refractivity contribution is -0.118. The van der Waals surface area contributed by atoms with Crippen LogP contribution in [0.15, 0.2) is 47.7 Å². The number of nitrogens with two attached hydrogens (primary N) is 1.